The summed E-state index contributed by atoms with van der Waals surface area (Å²) in [4.78, 5) is 24.3. The maximum Gasteiger partial charge on any atom is 0.325 e. The van der Waals surface area contributed by atoms with Gasteiger partial charge in [0, 0.05) is 18.7 Å². The van der Waals surface area contributed by atoms with Crippen molar-refractivity contribution >= 4 is 11.9 Å². The smallest absolute Gasteiger partial charge is 0.325 e. The van der Waals surface area contributed by atoms with Gasteiger partial charge in [0.25, 0.3) is 5.91 Å². The molecule has 0 spiro atoms. The van der Waals surface area contributed by atoms with Crippen molar-refractivity contribution in [3.8, 4) is 0 Å². The van der Waals surface area contributed by atoms with Gasteiger partial charge < -0.3 is 15.7 Å². The van der Waals surface area contributed by atoms with E-state index in [-0.39, 0.29) is 25.1 Å². The summed E-state index contributed by atoms with van der Waals surface area (Å²) in [7, 11) is 0. The van der Waals surface area contributed by atoms with Gasteiger partial charge in [-0.3, -0.25) is 9.59 Å². The summed E-state index contributed by atoms with van der Waals surface area (Å²) in [5.74, 6) is -2.03. The number of carboxylic acid groups (broad SMARTS) is 1. The number of hydrogen-bond acceptors (Lipinski definition) is 3. The molecule has 3 N–H and O–H groups in total. The number of carbonyl (C=O) groups excluding carboxylic acids is 1. The Balaban J connectivity index is 2.15. The van der Waals surface area contributed by atoms with Crippen molar-refractivity contribution in [1.82, 2.24) is 4.90 Å². The van der Waals surface area contributed by atoms with Crippen molar-refractivity contribution in [2.45, 2.75) is 12.0 Å². The molecule has 1 heterocycles. The molecule has 0 bridgehead atoms. The molecular formula is C12H13FN2O3. The summed E-state index contributed by atoms with van der Waals surface area (Å²) in [6.07, 6.45) is 0.198. The number of halogens is 1. The lowest BCUT2D eigenvalue weighted by molar-refractivity contribution is -0.142. The van der Waals surface area contributed by atoms with Crippen LogP contribution in [0.5, 0.6) is 0 Å². The molecule has 1 amide bonds. The second kappa shape index (κ2) is 4.38. The number of carbonyl (C=O) groups is 2. The van der Waals surface area contributed by atoms with Crippen LogP contribution in [0.15, 0.2) is 24.3 Å². The fraction of sp³-hybridized carbons (Fsp3) is 0.333. The Morgan fingerprint density at radius 2 is 2.17 bits per heavy atom. The molecule has 1 aliphatic heterocycles. The van der Waals surface area contributed by atoms with Crippen molar-refractivity contribution in [3.05, 3.63) is 35.6 Å². The molecule has 1 aromatic carbocycles. The number of carboxylic acids is 1. The Kier molecular flexibility index (Phi) is 3.04. The van der Waals surface area contributed by atoms with Crippen LogP contribution in [-0.4, -0.2) is 40.5 Å². The van der Waals surface area contributed by atoms with Crippen LogP contribution in [-0.2, 0) is 4.79 Å². The summed E-state index contributed by atoms with van der Waals surface area (Å²) in [6.45, 7) is 0.204. The maximum absolute atomic E-state index is 13.0. The second-order valence-corrected chi connectivity index (χ2v) is 4.45. The molecular weight excluding hydrogens is 239 g/mol. The van der Waals surface area contributed by atoms with Crippen molar-refractivity contribution in [2.75, 3.05) is 13.1 Å². The first-order valence-corrected chi connectivity index (χ1v) is 5.49. The van der Waals surface area contributed by atoms with Gasteiger partial charge in [-0.05, 0) is 24.6 Å². The Hall–Kier alpha value is -1.95. The van der Waals surface area contributed by atoms with Crippen molar-refractivity contribution < 1.29 is 19.1 Å². The summed E-state index contributed by atoms with van der Waals surface area (Å²) < 4.78 is 13.0. The fourth-order valence-corrected chi connectivity index (χ4v) is 1.99. The minimum absolute atomic E-state index is 0.0579. The molecule has 5 nitrogen and oxygen atoms in total. The third kappa shape index (κ3) is 2.19. The zero-order chi connectivity index (χ0) is 13.3. The van der Waals surface area contributed by atoms with E-state index in [2.05, 4.69) is 0 Å². The van der Waals surface area contributed by atoms with E-state index < -0.39 is 23.2 Å². The zero-order valence-electron chi connectivity index (χ0n) is 9.60. The molecule has 0 saturated carbocycles. The van der Waals surface area contributed by atoms with Gasteiger partial charge in [0.2, 0.25) is 0 Å². The molecule has 1 fully saturated rings. The van der Waals surface area contributed by atoms with Gasteiger partial charge in [-0.25, -0.2) is 4.39 Å². The SMILES string of the molecule is NC1(C(=O)O)CCN(C(=O)c2cccc(F)c2)C1. The Labute approximate surface area is 103 Å². The summed E-state index contributed by atoms with van der Waals surface area (Å²) in [5.41, 5.74) is 4.47. The van der Waals surface area contributed by atoms with E-state index in [9.17, 15) is 14.0 Å². The number of amides is 1. The van der Waals surface area contributed by atoms with Gasteiger partial charge in [0.15, 0.2) is 0 Å². The van der Waals surface area contributed by atoms with E-state index in [0.29, 0.717) is 0 Å². The predicted octanol–water partition coefficient (Wildman–Crippen LogP) is 0.454. The molecule has 0 radical (unpaired) electrons. The summed E-state index contributed by atoms with van der Waals surface area (Å²) in [5, 5.41) is 8.96. The minimum atomic E-state index is -1.40. The lowest BCUT2D eigenvalue weighted by Crippen LogP contribution is -2.50. The average Bonchev–Trinajstić information content (AvgIpc) is 2.72. The highest BCUT2D eigenvalue weighted by molar-refractivity contribution is 5.95. The Morgan fingerprint density at radius 1 is 1.44 bits per heavy atom. The number of nitrogens with two attached hydrogens (primary N) is 1. The number of rotatable bonds is 2. The monoisotopic (exact) mass is 252 g/mol. The number of likely N-dealkylation sites (tertiary alicyclic amines) is 1. The first kappa shape index (κ1) is 12.5. The molecule has 2 rings (SSSR count). The van der Waals surface area contributed by atoms with E-state index >= 15 is 0 Å². The molecule has 96 valence electrons. The van der Waals surface area contributed by atoms with Gasteiger partial charge in [-0.2, -0.15) is 0 Å². The van der Waals surface area contributed by atoms with Crippen LogP contribution in [0.25, 0.3) is 0 Å². The second-order valence-electron chi connectivity index (χ2n) is 4.45. The first-order chi connectivity index (χ1) is 8.42. The summed E-state index contributed by atoms with van der Waals surface area (Å²) >= 11 is 0. The molecule has 1 aliphatic rings. The molecule has 1 atom stereocenters. The van der Waals surface area contributed by atoms with Gasteiger partial charge >= 0.3 is 5.97 Å². The van der Waals surface area contributed by atoms with E-state index in [1.165, 1.54) is 23.1 Å². The molecule has 1 aromatic rings. The van der Waals surface area contributed by atoms with E-state index in [1.807, 2.05) is 0 Å². The molecule has 6 heteroatoms. The number of aliphatic carboxylic acids is 1. The normalized spacial score (nSPS) is 23.1. The third-order valence-corrected chi connectivity index (χ3v) is 3.09. The number of nitrogens with zero attached hydrogens (tertiary/aromatic N) is 1. The van der Waals surface area contributed by atoms with Crippen LogP contribution in [0, 0.1) is 5.82 Å². The first-order valence-electron chi connectivity index (χ1n) is 5.49. The maximum atomic E-state index is 13.0. The van der Waals surface area contributed by atoms with Crippen LogP contribution in [0.1, 0.15) is 16.8 Å². The zero-order valence-corrected chi connectivity index (χ0v) is 9.60. The van der Waals surface area contributed by atoms with Crippen molar-refractivity contribution in [1.29, 1.82) is 0 Å². The lowest BCUT2D eigenvalue weighted by Gasteiger charge is -2.20. The lowest BCUT2D eigenvalue weighted by atomic mass is 10.0. The Morgan fingerprint density at radius 3 is 2.72 bits per heavy atom. The van der Waals surface area contributed by atoms with Gasteiger partial charge in [-0.1, -0.05) is 6.07 Å². The molecule has 18 heavy (non-hydrogen) atoms. The van der Waals surface area contributed by atoms with Crippen molar-refractivity contribution in [3.63, 3.8) is 0 Å². The van der Waals surface area contributed by atoms with Crippen LogP contribution in [0.2, 0.25) is 0 Å². The quantitative estimate of drug-likeness (QED) is 0.800. The standard InChI is InChI=1S/C12H13FN2O3/c13-9-3-1-2-8(6-9)10(16)15-5-4-12(14,7-15)11(17)18/h1-3,6H,4-5,7,14H2,(H,17,18). The Bertz CT molecular complexity index is 506. The van der Waals surface area contributed by atoms with Crippen molar-refractivity contribution in [2.24, 2.45) is 5.73 Å². The van der Waals surface area contributed by atoms with Crippen LogP contribution in [0.4, 0.5) is 4.39 Å². The number of benzene rings is 1. The van der Waals surface area contributed by atoms with E-state index in [4.69, 9.17) is 10.8 Å². The van der Waals surface area contributed by atoms with E-state index in [1.54, 1.807) is 0 Å². The highest BCUT2D eigenvalue weighted by Crippen LogP contribution is 2.21. The van der Waals surface area contributed by atoms with E-state index in [0.717, 1.165) is 6.07 Å². The molecule has 1 saturated heterocycles. The average molecular weight is 252 g/mol. The van der Waals surface area contributed by atoms with Crippen LogP contribution < -0.4 is 5.73 Å². The highest BCUT2D eigenvalue weighted by atomic mass is 19.1. The predicted molar refractivity (Wildman–Crippen MR) is 61.5 cm³/mol. The minimum Gasteiger partial charge on any atom is -0.480 e. The molecule has 0 aromatic heterocycles. The van der Waals surface area contributed by atoms with Gasteiger partial charge in [-0.15, -0.1) is 0 Å². The largest absolute Gasteiger partial charge is 0.480 e. The summed E-state index contributed by atoms with van der Waals surface area (Å²) in [6, 6.07) is 5.29. The van der Waals surface area contributed by atoms with Gasteiger partial charge in [0.05, 0.1) is 0 Å². The highest BCUT2D eigenvalue weighted by Gasteiger charge is 2.43. The topological polar surface area (TPSA) is 83.6 Å². The van der Waals surface area contributed by atoms with Crippen LogP contribution in [0.3, 0.4) is 0 Å². The van der Waals surface area contributed by atoms with Crippen LogP contribution >= 0.6 is 0 Å². The third-order valence-electron chi connectivity index (χ3n) is 3.09. The molecule has 1 unspecified atom stereocenters. The number of hydrogen-bond donors (Lipinski definition) is 2. The van der Waals surface area contributed by atoms with Gasteiger partial charge in [0.1, 0.15) is 11.4 Å². The molecule has 0 aliphatic carbocycles. The fourth-order valence-electron chi connectivity index (χ4n) is 1.99.